The number of carbonyl (C=O) groups excluding carboxylic acids is 1. The van der Waals surface area contributed by atoms with Gasteiger partial charge in [-0.15, -0.1) is 0 Å². The number of allylic oxidation sites excluding steroid dienone is 1. The standard InChI is InChI=1S/C22H14BrFO3/c23-16-5-1-14(2-6-16)11-21-22(25)19-10-9-18(12-20(19)27-21)26-13-15-3-7-17(24)8-4-15/h1-12H,13H2/b21-11-. The van der Waals surface area contributed by atoms with E-state index >= 15 is 0 Å². The molecule has 0 saturated heterocycles. The van der Waals surface area contributed by atoms with E-state index in [4.69, 9.17) is 9.47 Å². The molecular formula is C22H14BrFO3. The molecule has 0 bridgehead atoms. The molecule has 0 saturated carbocycles. The Labute approximate surface area is 164 Å². The molecule has 5 heteroatoms. The molecule has 134 valence electrons. The summed E-state index contributed by atoms with van der Waals surface area (Å²) in [6.07, 6.45) is 1.72. The van der Waals surface area contributed by atoms with Crippen LogP contribution in [0.5, 0.6) is 11.5 Å². The van der Waals surface area contributed by atoms with Gasteiger partial charge in [0.25, 0.3) is 0 Å². The molecule has 0 spiro atoms. The first-order valence-corrected chi connectivity index (χ1v) is 9.09. The highest BCUT2D eigenvalue weighted by atomic mass is 79.9. The average molecular weight is 425 g/mol. The van der Waals surface area contributed by atoms with Gasteiger partial charge in [-0.1, -0.05) is 40.2 Å². The van der Waals surface area contributed by atoms with Crippen LogP contribution in [0, 0.1) is 5.82 Å². The fourth-order valence-corrected chi connectivity index (χ4v) is 2.98. The lowest BCUT2D eigenvalue weighted by Gasteiger charge is -2.07. The van der Waals surface area contributed by atoms with Crippen molar-refractivity contribution in [2.75, 3.05) is 0 Å². The van der Waals surface area contributed by atoms with Gasteiger partial charge in [-0.05, 0) is 53.6 Å². The molecule has 0 radical (unpaired) electrons. The van der Waals surface area contributed by atoms with Crippen molar-refractivity contribution in [3.63, 3.8) is 0 Å². The molecule has 4 rings (SSSR count). The summed E-state index contributed by atoms with van der Waals surface area (Å²) in [6, 6.07) is 18.8. The van der Waals surface area contributed by atoms with Crippen molar-refractivity contribution in [1.82, 2.24) is 0 Å². The molecule has 0 amide bonds. The zero-order chi connectivity index (χ0) is 18.8. The quantitative estimate of drug-likeness (QED) is 0.497. The molecule has 1 aliphatic heterocycles. The topological polar surface area (TPSA) is 35.5 Å². The summed E-state index contributed by atoms with van der Waals surface area (Å²) < 4.78 is 25.4. The maximum Gasteiger partial charge on any atom is 0.231 e. The zero-order valence-electron chi connectivity index (χ0n) is 14.1. The van der Waals surface area contributed by atoms with E-state index in [1.54, 1.807) is 36.4 Å². The number of benzene rings is 3. The fourth-order valence-electron chi connectivity index (χ4n) is 2.71. The van der Waals surface area contributed by atoms with Gasteiger partial charge in [0.1, 0.15) is 23.9 Å². The van der Waals surface area contributed by atoms with Gasteiger partial charge >= 0.3 is 0 Å². The van der Waals surface area contributed by atoms with Crippen LogP contribution in [-0.2, 0) is 6.61 Å². The van der Waals surface area contributed by atoms with Crippen molar-refractivity contribution >= 4 is 27.8 Å². The predicted octanol–water partition coefficient (Wildman–Crippen LogP) is 5.78. The van der Waals surface area contributed by atoms with Gasteiger partial charge in [0.2, 0.25) is 5.78 Å². The third-order valence-electron chi connectivity index (χ3n) is 4.13. The van der Waals surface area contributed by atoms with Crippen LogP contribution >= 0.6 is 15.9 Å². The van der Waals surface area contributed by atoms with Gasteiger partial charge in [-0.2, -0.15) is 0 Å². The lowest BCUT2D eigenvalue weighted by atomic mass is 10.1. The summed E-state index contributed by atoms with van der Waals surface area (Å²) >= 11 is 3.38. The van der Waals surface area contributed by atoms with E-state index < -0.39 is 0 Å². The van der Waals surface area contributed by atoms with Crippen LogP contribution in [-0.4, -0.2) is 5.78 Å². The van der Waals surface area contributed by atoms with Crippen molar-refractivity contribution in [3.8, 4) is 11.5 Å². The lowest BCUT2D eigenvalue weighted by Crippen LogP contribution is -1.98. The SMILES string of the molecule is O=C1/C(=C/c2ccc(Br)cc2)Oc2cc(OCc3ccc(F)cc3)ccc21. The number of ketones is 1. The molecule has 27 heavy (non-hydrogen) atoms. The Morgan fingerprint density at radius 3 is 2.48 bits per heavy atom. The Morgan fingerprint density at radius 1 is 1.00 bits per heavy atom. The highest BCUT2D eigenvalue weighted by Gasteiger charge is 2.27. The Balaban J connectivity index is 1.50. The molecule has 3 aromatic rings. The van der Waals surface area contributed by atoms with Gasteiger partial charge in [0.15, 0.2) is 5.76 Å². The third-order valence-corrected chi connectivity index (χ3v) is 4.66. The maximum absolute atomic E-state index is 13.0. The first kappa shape index (κ1) is 17.5. The second kappa shape index (κ2) is 7.37. The number of ether oxygens (including phenoxy) is 2. The number of fused-ring (bicyclic) bond motifs is 1. The van der Waals surface area contributed by atoms with Gasteiger partial charge in [-0.3, -0.25) is 4.79 Å². The molecule has 0 aliphatic carbocycles. The van der Waals surface area contributed by atoms with E-state index in [2.05, 4.69) is 15.9 Å². The number of carbonyl (C=O) groups is 1. The maximum atomic E-state index is 13.0. The molecule has 1 heterocycles. The average Bonchev–Trinajstić information content (AvgIpc) is 2.98. The van der Waals surface area contributed by atoms with Gasteiger partial charge < -0.3 is 9.47 Å². The molecular weight excluding hydrogens is 411 g/mol. The van der Waals surface area contributed by atoms with Crippen LogP contribution in [0.2, 0.25) is 0 Å². The number of rotatable bonds is 4. The van der Waals surface area contributed by atoms with Gasteiger partial charge in [-0.25, -0.2) is 4.39 Å². The molecule has 3 nitrogen and oxygen atoms in total. The molecule has 0 aromatic heterocycles. The Hall–Kier alpha value is -2.92. The normalized spacial score (nSPS) is 14.1. The third kappa shape index (κ3) is 3.93. The summed E-state index contributed by atoms with van der Waals surface area (Å²) in [7, 11) is 0. The fraction of sp³-hybridized carbons (Fsp3) is 0.0455. The minimum absolute atomic E-state index is 0.155. The molecule has 0 fully saturated rings. The lowest BCUT2D eigenvalue weighted by molar-refractivity contribution is 0.101. The molecule has 0 N–H and O–H groups in total. The Bertz CT molecular complexity index is 1020. The minimum Gasteiger partial charge on any atom is -0.489 e. The van der Waals surface area contributed by atoms with Crippen LogP contribution in [0.1, 0.15) is 21.5 Å². The van der Waals surface area contributed by atoms with Gasteiger partial charge in [0.05, 0.1) is 5.56 Å². The van der Waals surface area contributed by atoms with Crippen molar-refractivity contribution in [3.05, 3.63) is 99.5 Å². The monoisotopic (exact) mass is 424 g/mol. The first-order chi connectivity index (χ1) is 13.1. The molecule has 0 atom stereocenters. The van der Waals surface area contributed by atoms with Crippen LogP contribution in [0.25, 0.3) is 6.08 Å². The number of Topliss-reactive ketones (excluding diaryl/α,β-unsaturated/α-hetero) is 1. The summed E-state index contributed by atoms with van der Waals surface area (Å²) in [5.41, 5.74) is 2.24. The van der Waals surface area contributed by atoms with Crippen molar-refractivity contribution in [1.29, 1.82) is 0 Å². The summed E-state index contributed by atoms with van der Waals surface area (Å²) in [5.74, 6) is 0.894. The van der Waals surface area contributed by atoms with Crippen molar-refractivity contribution < 1.29 is 18.7 Å². The van der Waals surface area contributed by atoms with Crippen molar-refractivity contribution in [2.45, 2.75) is 6.61 Å². The van der Waals surface area contributed by atoms with E-state index in [9.17, 15) is 9.18 Å². The second-order valence-electron chi connectivity index (χ2n) is 6.06. The highest BCUT2D eigenvalue weighted by molar-refractivity contribution is 9.10. The number of hydrogen-bond donors (Lipinski definition) is 0. The zero-order valence-corrected chi connectivity index (χ0v) is 15.7. The summed E-state index contributed by atoms with van der Waals surface area (Å²) in [6.45, 7) is 0.300. The van der Waals surface area contributed by atoms with Crippen LogP contribution in [0.3, 0.4) is 0 Å². The molecule has 1 aliphatic rings. The van der Waals surface area contributed by atoms with Crippen LogP contribution in [0.4, 0.5) is 4.39 Å². The highest BCUT2D eigenvalue weighted by Crippen LogP contribution is 2.35. The van der Waals surface area contributed by atoms with Crippen LogP contribution < -0.4 is 9.47 Å². The van der Waals surface area contributed by atoms with E-state index in [1.165, 1.54) is 12.1 Å². The first-order valence-electron chi connectivity index (χ1n) is 8.29. The number of hydrogen-bond acceptors (Lipinski definition) is 3. The van der Waals surface area contributed by atoms with E-state index in [1.807, 2.05) is 24.3 Å². The summed E-state index contributed by atoms with van der Waals surface area (Å²) in [5, 5.41) is 0. The van der Waals surface area contributed by atoms with E-state index in [0.717, 1.165) is 15.6 Å². The number of halogens is 2. The smallest absolute Gasteiger partial charge is 0.231 e. The Kier molecular flexibility index (Phi) is 4.77. The molecule has 3 aromatic carbocycles. The van der Waals surface area contributed by atoms with E-state index in [0.29, 0.717) is 23.7 Å². The predicted molar refractivity (Wildman–Crippen MR) is 104 cm³/mol. The Morgan fingerprint density at radius 2 is 1.74 bits per heavy atom. The van der Waals surface area contributed by atoms with Gasteiger partial charge in [0, 0.05) is 10.5 Å². The second-order valence-corrected chi connectivity index (χ2v) is 6.98. The molecule has 0 unspecified atom stereocenters. The van der Waals surface area contributed by atoms with Crippen molar-refractivity contribution in [2.24, 2.45) is 0 Å². The van der Waals surface area contributed by atoms with Crippen LogP contribution in [0.15, 0.2) is 77.0 Å². The van der Waals surface area contributed by atoms with E-state index in [-0.39, 0.29) is 17.4 Å². The largest absolute Gasteiger partial charge is 0.489 e. The minimum atomic E-state index is -0.284. The summed E-state index contributed by atoms with van der Waals surface area (Å²) in [4.78, 5) is 12.5.